The fourth-order valence-electron chi connectivity index (χ4n) is 5.72. The molecular formula is C22H29F2N3O3. The molecule has 0 spiro atoms. The lowest BCUT2D eigenvalue weighted by atomic mass is 9.85. The third-order valence-electron chi connectivity index (χ3n) is 7.24. The molecule has 0 radical (unpaired) electrons. The van der Waals surface area contributed by atoms with Crippen LogP contribution in [0.15, 0.2) is 18.2 Å². The minimum atomic E-state index is -3.67. The van der Waals surface area contributed by atoms with Crippen molar-refractivity contribution >= 4 is 5.91 Å². The standard InChI is InChI=1S/C22H29F2N3O3/c23-22(24)29-19-8-3-14(9-20(19)30-22)21(28)26-16-10-17-6-7-18(11-16)27(17)12-13-1-4-15(25)5-2-13/h3,8-9,13,15-18H,1-2,4-7,10-12,25H2,(H,26,28)/t13?,15?,16?,17-,18+. The average Bonchev–Trinajstić information content (AvgIpc) is 3.12. The molecule has 30 heavy (non-hydrogen) atoms. The monoisotopic (exact) mass is 421 g/mol. The van der Waals surface area contributed by atoms with Crippen LogP contribution >= 0.6 is 0 Å². The van der Waals surface area contributed by atoms with Gasteiger partial charge < -0.3 is 20.5 Å². The maximum Gasteiger partial charge on any atom is 0.586 e. The highest BCUT2D eigenvalue weighted by Crippen LogP contribution is 2.41. The van der Waals surface area contributed by atoms with E-state index in [-0.39, 0.29) is 23.4 Å². The fourth-order valence-corrected chi connectivity index (χ4v) is 5.72. The van der Waals surface area contributed by atoms with Crippen molar-refractivity contribution in [2.24, 2.45) is 11.7 Å². The van der Waals surface area contributed by atoms with Gasteiger partial charge in [-0.1, -0.05) is 0 Å². The predicted molar refractivity (Wildman–Crippen MR) is 107 cm³/mol. The molecule has 3 heterocycles. The van der Waals surface area contributed by atoms with Gasteiger partial charge >= 0.3 is 6.29 Å². The number of hydrogen-bond donors (Lipinski definition) is 2. The Bertz CT molecular complexity index is 799. The maximum atomic E-state index is 13.2. The summed E-state index contributed by atoms with van der Waals surface area (Å²) in [5, 5.41) is 3.11. The number of carbonyl (C=O) groups is 1. The van der Waals surface area contributed by atoms with Crippen LogP contribution in [0, 0.1) is 5.92 Å². The first-order valence-corrected chi connectivity index (χ1v) is 11.1. The van der Waals surface area contributed by atoms with Crippen LogP contribution < -0.4 is 20.5 Å². The van der Waals surface area contributed by atoms with Gasteiger partial charge in [-0.05, 0) is 75.5 Å². The van der Waals surface area contributed by atoms with E-state index in [0.717, 1.165) is 38.1 Å². The van der Waals surface area contributed by atoms with E-state index in [1.54, 1.807) is 0 Å². The van der Waals surface area contributed by atoms with Gasteiger partial charge in [0.1, 0.15) is 0 Å². The van der Waals surface area contributed by atoms with Gasteiger partial charge in [0.05, 0.1) is 0 Å². The van der Waals surface area contributed by atoms with Crippen LogP contribution in [0.1, 0.15) is 61.7 Å². The van der Waals surface area contributed by atoms with E-state index in [2.05, 4.69) is 19.7 Å². The second kappa shape index (κ2) is 7.64. The number of alkyl halides is 2. The third-order valence-corrected chi connectivity index (χ3v) is 7.24. The second-order valence-corrected chi connectivity index (χ2v) is 9.33. The molecule has 8 heteroatoms. The molecule has 2 saturated heterocycles. The van der Waals surface area contributed by atoms with Crippen LogP contribution in [0.3, 0.4) is 0 Å². The summed E-state index contributed by atoms with van der Waals surface area (Å²) >= 11 is 0. The number of carbonyl (C=O) groups excluding carboxylic acids is 1. The molecule has 3 N–H and O–H groups in total. The third kappa shape index (κ3) is 3.99. The lowest BCUT2D eigenvalue weighted by molar-refractivity contribution is -0.286. The lowest BCUT2D eigenvalue weighted by Gasteiger charge is -2.41. The topological polar surface area (TPSA) is 76.8 Å². The molecule has 1 aromatic carbocycles. The molecule has 3 atom stereocenters. The Morgan fingerprint density at radius 2 is 1.73 bits per heavy atom. The first kappa shape index (κ1) is 20.0. The van der Waals surface area contributed by atoms with Gasteiger partial charge in [-0.25, -0.2) is 0 Å². The molecule has 1 aliphatic carbocycles. The van der Waals surface area contributed by atoms with E-state index in [1.807, 2.05) is 0 Å². The lowest BCUT2D eigenvalue weighted by Crippen LogP contribution is -2.51. The fraction of sp³-hybridized carbons (Fsp3) is 0.682. The van der Waals surface area contributed by atoms with Crippen molar-refractivity contribution in [3.05, 3.63) is 23.8 Å². The number of benzene rings is 1. The molecule has 1 amide bonds. The molecule has 3 aliphatic heterocycles. The Hall–Kier alpha value is -1.93. The highest BCUT2D eigenvalue weighted by molar-refractivity contribution is 5.95. The molecule has 164 valence electrons. The van der Waals surface area contributed by atoms with Crippen LogP contribution in [0.4, 0.5) is 8.78 Å². The highest BCUT2D eigenvalue weighted by atomic mass is 19.3. The maximum absolute atomic E-state index is 13.2. The summed E-state index contributed by atoms with van der Waals surface area (Å²) < 4.78 is 35.3. The van der Waals surface area contributed by atoms with Crippen molar-refractivity contribution in [2.45, 2.75) is 81.8 Å². The molecule has 5 rings (SSSR count). The molecule has 1 saturated carbocycles. The second-order valence-electron chi connectivity index (χ2n) is 9.33. The number of ether oxygens (including phenoxy) is 2. The number of nitrogens with one attached hydrogen (secondary N) is 1. The number of amides is 1. The summed E-state index contributed by atoms with van der Waals surface area (Å²) in [6.45, 7) is 1.15. The average molecular weight is 421 g/mol. The predicted octanol–water partition coefficient (Wildman–Crippen LogP) is 3.25. The molecule has 3 fully saturated rings. The summed E-state index contributed by atoms with van der Waals surface area (Å²) in [5.74, 6) is 0.336. The van der Waals surface area contributed by atoms with Crippen molar-refractivity contribution in [3.63, 3.8) is 0 Å². The van der Waals surface area contributed by atoms with Gasteiger partial charge in [-0.15, -0.1) is 8.78 Å². The molecule has 6 nitrogen and oxygen atoms in total. The van der Waals surface area contributed by atoms with Gasteiger partial charge in [-0.2, -0.15) is 0 Å². The van der Waals surface area contributed by atoms with Crippen LogP contribution in [-0.2, 0) is 0 Å². The van der Waals surface area contributed by atoms with Gasteiger partial charge in [0.15, 0.2) is 11.5 Å². The zero-order valence-electron chi connectivity index (χ0n) is 17.0. The first-order valence-electron chi connectivity index (χ1n) is 11.1. The number of nitrogens with zero attached hydrogens (tertiary/aromatic N) is 1. The van der Waals surface area contributed by atoms with E-state index in [1.165, 1.54) is 43.9 Å². The van der Waals surface area contributed by atoms with Crippen LogP contribution in [0.5, 0.6) is 11.5 Å². The Morgan fingerprint density at radius 3 is 2.43 bits per heavy atom. The quantitative estimate of drug-likeness (QED) is 0.781. The summed E-state index contributed by atoms with van der Waals surface area (Å²) in [6.07, 6.45) is 5.29. The normalized spacial score (nSPS) is 34.7. The minimum absolute atomic E-state index is 0.0495. The van der Waals surface area contributed by atoms with E-state index in [4.69, 9.17) is 5.73 Å². The first-order chi connectivity index (χ1) is 14.4. The van der Waals surface area contributed by atoms with Crippen LogP contribution in [0.25, 0.3) is 0 Å². The number of hydrogen-bond acceptors (Lipinski definition) is 5. The van der Waals surface area contributed by atoms with Crippen molar-refractivity contribution in [2.75, 3.05) is 6.54 Å². The van der Waals surface area contributed by atoms with Crippen molar-refractivity contribution in [3.8, 4) is 11.5 Å². The summed E-state index contributed by atoms with van der Waals surface area (Å²) in [7, 11) is 0. The Kier molecular flexibility index (Phi) is 5.09. The van der Waals surface area contributed by atoms with E-state index < -0.39 is 6.29 Å². The number of halogens is 2. The Labute approximate surface area is 175 Å². The van der Waals surface area contributed by atoms with Crippen molar-refractivity contribution in [1.29, 1.82) is 0 Å². The molecule has 4 aliphatic rings. The number of rotatable bonds is 4. The molecular weight excluding hydrogens is 392 g/mol. The summed E-state index contributed by atoms with van der Waals surface area (Å²) in [6, 6.07) is 5.69. The molecule has 2 bridgehead atoms. The van der Waals surface area contributed by atoms with Crippen molar-refractivity contribution in [1.82, 2.24) is 10.2 Å². The van der Waals surface area contributed by atoms with E-state index >= 15 is 0 Å². The summed E-state index contributed by atoms with van der Waals surface area (Å²) in [4.78, 5) is 15.4. The largest absolute Gasteiger partial charge is 0.586 e. The Morgan fingerprint density at radius 1 is 1.07 bits per heavy atom. The van der Waals surface area contributed by atoms with Crippen LogP contribution in [-0.4, -0.2) is 47.8 Å². The van der Waals surface area contributed by atoms with Gasteiger partial charge in [0.2, 0.25) is 0 Å². The number of piperidine rings is 1. The van der Waals surface area contributed by atoms with E-state index in [0.29, 0.717) is 23.7 Å². The zero-order chi connectivity index (χ0) is 20.9. The smallest absolute Gasteiger partial charge is 0.395 e. The number of fused-ring (bicyclic) bond motifs is 3. The van der Waals surface area contributed by atoms with Gasteiger partial charge in [0, 0.05) is 36.3 Å². The van der Waals surface area contributed by atoms with Gasteiger partial charge in [0.25, 0.3) is 5.91 Å². The summed E-state index contributed by atoms with van der Waals surface area (Å²) in [5.41, 5.74) is 6.36. The SMILES string of the molecule is NC1CCC(CN2[C@@H]3CC[C@H]2CC(NC(=O)c2ccc4c(c2)OC(F)(F)O4)C3)CC1. The molecule has 0 aromatic heterocycles. The minimum Gasteiger partial charge on any atom is -0.395 e. The van der Waals surface area contributed by atoms with Gasteiger partial charge in [-0.3, -0.25) is 9.69 Å². The van der Waals surface area contributed by atoms with Crippen molar-refractivity contribution < 1.29 is 23.0 Å². The van der Waals surface area contributed by atoms with Crippen LogP contribution in [0.2, 0.25) is 0 Å². The van der Waals surface area contributed by atoms with E-state index in [9.17, 15) is 13.6 Å². The molecule has 1 aromatic rings. The highest BCUT2D eigenvalue weighted by Gasteiger charge is 2.44. The Balaban J connectivity index is 1.18. The number of nitrogens with two attached hydrogens (primary N) is 1. The zero-order valence-corrected chi connectivity index (χ0v) is 17.0. The molecule has 1 unspecified atom stereocenters.